The van der Waals surface area contributed by atoms with Gasteiger partial charge in [0.05, 0.1) is 0 Å². The fourth-order valence-corrected chi connectivity index (χ4v) is 3.59. The third-order valence-corrected chi connectivity index (χ3v) is 4.93. The highest BCUT2D eigenvalue weighted by Crippen LogP contribution is 2.32. The lowest BCUT2D eigenvalue weighted by Crippen LogP contribution is -2.33. The van der Waals surface area contributed by atoms with E-state index in [1.54, 1.807) is 12.4 Å². The summed E-state index contributed by atoms with van der Waals surface area (Å²) in [4.78, 5) is 20.1. The molecule has 3 aromatic rings. The third kappa shape index (κ3) is 2.80. The van der Waals surface area contributed by atoms with Crippen molar-refractivity contribution in [3.63, 3.8) is 0 Å². The topological polar surface area (TPSA) is 57.8 Å². The van der Waals surface area contributed by atoms with Crippen LogP contribution in [0.3, 0.4) is 0 Å². The number of hydrogen-bond acceptors (Lipinski definition) is 2. The van der Waals surface area contributed by atoms with Gasteiger partial charge in [-0.15, -0.1) is 0 Å². The zero-order valence-corrected chi connectivity index (χ0v) is 13.8. The van der Waals surface area contributed by atoms with Crippen molar-refractivity contribution >= 4 is 16.8 Å². The molecule has 2 N–H and O–H groups in total. The summed E-state index contributed by atoms with van der Waals surface area (Å²) in [6.07, 6.45) is 6.17. The minimum Gasteiger partial charge on any atom is -0.358 e. The Morgan fingerprint density at radius 3 is 2.96 bits per heavy atom. The van der Waals surface area contributed by atoms with E-state index in [0.717, 1.165) is 24.8 Å². The Bertz CT molecular complexity index is 883. The van der Waals surface area contributed by atoms with Gasteiger partial charge in [-0.2, -0.15) is 0 Å². The predicted octanol–water partition coefficient (Wildman–Crippen LogP) is 3.29. The molecular weight excluding hydrogens is 298 g/mol. The monoisotopic (exact) mass is 319 g/mol. The van der Waals surface area contributed by atoms with Gasteiger partial charge in [0.2, 0.25) is 5.91 Å². The molecule has 122 valence electrons. The first-order chi connectivity index (χ1) is 11.7. The van der Waals surface area contributed by atoms with E-state index in [2.05, 4.69) is 40.4 Å². The van der Waals surface area contributed by atoms with Crippen LogP contribution in [0.25, 0.3) is 10.9 Å². The molecule has 1 aliphatic carbocycles. The molecular formula is C20H21N3O. The number of H-pyrrole nitrogens is 1. The van der Waals surface area contributed by atoms with Crippen molar-refractivity contribution in [3.8, 4) is 0 Å². The fourth-order valence-electron chi connectivity index (χ4n) is 3.59. The van der Waals surface area contributed by atoms with E-state index < -0.39 is 0 Å². The molecule has 0 radical (unpaired) electrons. The lowest BCUT2D eigenvalue weighted by atomic mass is 9.85. The van der Waals surface area contributed by atoms with Crippen molar-refractivity contribution in [2.24, 2.45) is 5.92 Å². The molecule has 1 aromatic carbocycles. The summed E-state index contributed by atoms with van der Waals surface area (Å²) >= 11 is 0. The Kier molecular flexibility index (Phi) is 3.81. The molecule has 1 amide bonds. The van der Waals surface area contributed by atoms with E-state index in [1.165, 1.54) is 27.7 Å². The number of aromatic amines is 1. The highest BCUT2D eigenvalue weighted by Gasteiger charge is 2.27. The van der Waals surface area contributed by atoms with Gasteiger partial charge in [-0.25, -0.2) is 0 Å². The number of amides is 1. The Morgan fingerprint density at radius 1 is 1.29 bits per heavy atom. The number of carbonyl (C=O) groups excluding carboxylic acids is 1. The maximum atomic E-state index is 12.6. The Hall–Kier alpha value is -2.62. The lowest BCUT2D eigenvalue weighted by Gasteiger charge is -2.22. The molecule has 2 aromatic heterocycles. The average Bonchev–Trinajstić information content (AvgIpc) is 2.97. The van der Waals surface area contributed by atoms with Crippen LogP contribution >= 0.6 is 0 Å². The number of pyridine rings is 1. The standard InChI is InChI=1S/C20H21N3O/c1-13-2-4-18-16(10-13)17-11-15(3-5-19(17)23-18)20(24)22-12-14-6-8-21-9-7-14/h2,4,6-10,15,23H,3,5,11-12H2,1H3,(H,22,24). The summed E-state index contributed by atoms with van der Waals surface area (Å²) in [5, 5.41) is 4.35. The fraction of sp³-hybridized carbons (Fsp3) is 0.300. The molecule has 0 spiro atoms. The number of aryl methyl sites for hydroxylation is 2. The van der Waals surface area contributed by atoms with Crippen LogP contribution in [0, 0.1) is 12.8 Å². The smallest absolute Gasteiger partial charge is 0.223 e. The third-order valence-electron chi connectivity index (χ3n) is 4.93. The molecule has 1 aliphatic rings. The first-order valence-electron chi connectivity index (χ1n) is 8.47. The summed E-state index contributed by atoms with van der Waals surface area (Å²) in [7, 11) is 0. The van der Waals surface area contributed by atoms with Crippen LogP contribution in [0.5, 0.6) is 0 Å². The maximum Gasteiger partial charge on any atom is 0.223 e. The maximum absolute atomic E-state index is 12.6. The van der Waals surface area contributed by atoms with E-state index in [4.69, 9.17) is 0 Å². The second-order valence-corrected chi connectivity index (χ2v) is 6.64. The number of carbonyl (C=O) groups is 1. The zero-order chi connectivity index (χ0) is 16.5. The van der Waals surface area contributed by atoms with Gasteiger partial charge in [-0.3, -0.25) is 9.78 Å². The van der Waals surface area contributed by atoms with Crippen molar-refractivity contribution < 1.29 is 4.79 Å². The zero-order valence-electron chi connectivity index (χ0n) is 13.8. The molecule has 2 heterocycles. The van der Waals surface area contributed by atoms with Gasteiger partial charge in [0.25, 0.3) is 0 Å². The molecule has 1 atom stereocenters. The van der Waals surface area contributed by atoms with Crippen LogP contribution in [0.2, 0.25) is 0 Å². The van der Waals surface area contributed by atoms with Gasteiger partial charge in [-0.05, 0) is 61.6 Å². The lowest BCUT2D eigenvalue weighted by molar-refractivity contribution is -0.125. The van der Waals surface area contributed by atoms with Crippen molar-refractivity contribution in [2.75, 3.05) is 0 Å². The van der Waals surface area contributed by atoms with E-state index >= 15 is 0 Å². The van der Waals surface area contributed by atoms with Gasteiger partial charge >= 0.3 is 0 Å². The van der Waals surface area contributed by atoms with E-state index in [-0.39, 0.29) is 11.8 Å². The number of hydrogen-bond donors (Lipinski definition) is 2. The Labute approximate surface area is 141 Å². The van der Waals surface area contributed by atoms with Crippen molar-refractivity contribution in [1.29, 1.82) is 0 Å². The van der Waals surface area contributed by atoms with Gasteiger partial charge in [-0.1, -0.05) is 11.6 Å². The molecule has 24 heavy (non-hydrogen) atoms. The SMILES string of the molecule is Cc1ccc2[nH]c3c(c2c1)CC(C(=O)NCc1ccncc1)CC3. The van der Waals surface area contributed by atoms with Gasteiger partial charge < -0.3 is 10.3 Å². The molecule has 0 aliphatic heterocycles. The molecule has 0 bridgehead atoms. The van der Waals surface area contributed by atoms with E-state index in [0.29, 0.717) is 6.54 Å². The quantitative estimate of drug-likeness (QED) is 0.778. The highest BCUT2D eigenvalue weighted by molar-refractivity contribution is 5.87. The van der Waals surface area contributed by atoms with Crippen LogP contribution in [0.1, 0.15) is 28.8 Å². The number of nitrogens with one attached hydrogen (secondary N) is 2. The largest absolute Gasteiger partial charge is 0.358 e. The molecule has 0 saturated heterocycles. The molecule has 0 fully saturated rings. The second kappa shape index (κ2) is 6.11. The van der Waals surface area contributed by atoms with Crippen LogP contribution in [-0.2, 0) is 24.2 Å². The van der Waals surface area contributed by atoms with Gasteiger partial charge in [0, 0.05) is 41.5 Å². The summed E-state index contributed by atoms with van der Waals surface area (Å²) in [6.45, 7) is 2.68. The van der Waals surface area contributed by atoms with Gasteiger partial charge in [0.15, 0.2) is 0 Å². The molecule has 4 nitrogen and oxygen atoms in total. The van der Waals surface area contributed by atoms with Crippen LogP contribution < -0.4 is 5.32 Å². The van der Waals surface area contributed by atoms with Crippen molar-refractivity contribution in [2.45, 2.75) is 32.7 Å². The molecule has 4 rings (SSSR count). The van der Waals surface area contributed by atoms with Crippen LogP contribution in [0.15, 0.2) is 42.7 Å². The van der Waals surface area contributed by atoms with Crippen LogP contribution in [0.4, 0.5) is 0 Å². The predicted molar refractivity (Wildman–Crippen MR) is 94.6 cm³/mol. The van der Waals surface area contributed by atoms with Crippen molar-refractivity contribution in [1.82, 2.24) is 15.3 Å². The number of fused-ring (bicyclic) bond motifs is 3. The van der Waals surface area contributed by atoms with E-state index in [1.807, 2.05) is 12.1 Å². The minimum absolute atomic E-state index is 0.0545. The van der Waals surface area contributed by atoms with Crippen LogP contribution in [-0.4, -0.2) is 15.9 Å². The average molecular weight is 319 g/mol. The molecule has 0 saturated carbocycles. The minimum atomic E-state index is 0.0545. The Morgan fingerprint density at radius 2 is 2.12 bits per heavy atom. The van der Waals surface area contributed by atoms with Gasteiger partial charge in [0.1, 0.15) is 0 Å². The van der Waals surface area contributed by atoms with Crippen molar-refractivity contribution in [3.05, 3.63) is 65.1 Å². The second-order valence-electron chi connectivity index (χ2n) is 6.64. The summed E-state index contributed by atoms with van der Waals surface area (Å²) in [5.74, 6) is 0.207. The van der Waals surface area contributed by atoms with E-state index in [9.17, 15) is 4.79 Å². The summed E-state index contributed by atoms with van der Waals surface area (Å²) < 4.78 is 0. The molecule has 4 heteroatoms. The number of benzene rings is 1. The molecule has 1 unspecified atom stereocenters. The number of rotatable bonds is 3. The number of nitrogens with zero attached hydrogens (tertiary/aromatic N) is 1. The summed E-state index contributed by atoms with van der Waals surface area (Å²) in [5.41, 5.74) is 6.15. The first kappa shape index (κ1) is 14.9. The number of aromatic nitrogens is 2. The highest BCUT2D eigenvalue weighted by atomic mass is 16.1. The first-order valence-corrected chi connectivity index (χ1v) is 8.47. The Balaban J connectivity index is 1.50. The summed E-state index contributed by atoms with van der Waals surface area (Å²) in [6, 6.07) is 10.4. The normalized spacial score (nSPS) is 16.8.